The van der Waals surface area contributed by atoms with E-state index in [1.165, 1.54) is 0 Å². The highest BCUT2D eigenvalue weighted by Gasteiger charge is 2.26. The van der Waals surface area contributed by atoms with Crippen LogP contribution >= 0.6 is 11.3 Å². The summed E-state index contributed by atoms with van der Waals surface area (Å²) in [5.41, 5.74) is 7.31. The van der Waals surface area contributed by atoms with Crippen molar-refractivity contribution < 1.29 is 9.53 Å². The molecular formula is C15H18N4O2S. The van der Waals surface area contributed by atoms with Gasteiger partial charge in [-0.15, -0.1) is 11.3 Å². The van der Waals surface area contributed by atoms with Crippen molar-refractivity contribution in [2.45, 2.75) is 19.4 Å². The number of nitrogens with two attached hydrogens (primary N) is 1. The monoisotopic (exact) mass is 318 g/mol. The number of ether oxygens (including phenoxy) is 1. The molecule has 2 N–H and O–H groups in total. The van der Waals surface area contributed by atoms with Crippen molar-refractivity contribution in [3.8, 4) is 0 Å². The van der Waals surface area contributed by atoms with Gasteiger partial charge in [-0.25, -0.2) is 9.97 Å². The van der Waals surface area contributed by atoms with Gasteiger partial charge in [0.15, 0.2) is 0 Å². The van der Waals surface area contributed by atoms with Crippen molar-refractivity contribution in [3.05, 3.63) is 40.0 Å². The van der Waals surface area contributed by atoms with E-state index in [1.54, 1.807) is 17.4 Å². The van der Waals surface area contributed by atoms with Gasteiger partial charge < -0.3 is 15.4 Å². The van der Waals surface area contributed by atoms with Crippen LogP contribution in [0.1, 0.15) is 22.5 Å². The van der Waals surface area contributed by atoms with E-state index in [1.807, 2.05) is 29.3 Å². The predicted octanol–water partition coefficient (Wildman–Crippen LogP) is 1.57. The van der Waals surface area contributed by atoms with Crippen LogP contribution in [0.25, 0.3) is 0 Å². The van der Waals surface area contributed by atoms with E-state index in [2.05, 4.69) is 9.97 Å². The highest BCUT2D eigenvalue weighted by Crippen LogP contribution is 2.22. The number of aryl methyl sites for hydroxylation is 1. The van der Waals surface area contributed by atoms with E-state index in [4.69, 9.17) is 10.5 Å². The summed E-state index contributed by atoms with van der Waals surface area (Å²) >= 11 is 1.56. The Labute approximate surface area is 132 Å². The number of pyridine rings is 1. The molecule has 0 aliphatic carbocycles. The van der Waals surface area contributed by atoms with Gasteiger partial charge >= 0.3 is 0 Å². The Morgan fingerprint density at radius 3 is 3.09 bits per heavy atom. The number of morpholine rings is 1. The number of nitrogens with zero attached hydrogens (tertiary/aromatic N) is 3. The van der Waals surface area contributed by atoms with Crippen LogP contribution in [0.4, 0.5) is 5.82 Å². The SMILES string of the molecule is Cc1nc(CC(=O)N2CCOC(c3cccc(N)n3)C2)cs1. The Bertz CT molecular complexity index is 673. The van der Waals surface area contributed by atoms with Crippen LogP contribution in [0.2, 0.25) is 0 Å². The predicted molar refractivity (Wildman–Crippen MR) is 84.5 cm³/mol. The number of nitrogen functional groups attached to an aromatic ring is 1. The lowest BCUT2D eigenvalue weighted by atomic mass is 10.1. The minimum atomic E-state index is -0.224. The van der Waals surface area contributed by atoms with Gasteiger partial charge in [0, 0.05) is 11.9 Å². The van der Waals surface area contributed by atoms with E-state index in [0.717, 1.165) is 16.4 Å². The fourth-order valence-corrected chi connectivity index (χ4v) is 3.07. The third-order valence-electron chi connectivity index (χ3n) is 3.54. The topological polar surface area (TPSA) is 81.3 Å². The third kappa shape index (κ3) is 3.42. The zero-order valence-electron chi connectivity index (χ0n) is 12.4. The van der Waals surface area contributed by atoms with Crippen molar-refractivity contribution in [1.29, 1.82) is 0 Å². The number of thiazole rings is 1. The average molecular weight is 318 g/mol. The zero-order chi connectivity index (χ0) is 15.5. The van der Waals surface area contributed by atoms with Gasteiger partial charge in [0.25, 0.3) is 0 Å². The summed E-state index contributed by atoms with van der Waals surface area (Å²) in [6.45, 7) is 3.54. The molecule has 1 aliphatic heterocycles. The Hall–Kier alpha value is -1.99. The van der Waals surface area contributed by atoms with Crippen molar-refractivity contribution in [2.24, 2.45) is 0 Å². The van der Waals surface area contributed by atoms with Gasteiger partial charge in [-0.1, -0.05) is 6.07 Å². The molecule has 22 heavy (non-hydrogen) atoms. The van der Waals surface area contributed by atoms with Crippen molar-refractivity contribution in [2.75, 3.05) is 25.4 Å². The summed E-state index contributed by atoms with van der Waals surface area (Å²) in [5.74, 6) is 0.532. The number of aromatic nitrogens is 2. The van der Waals surface area contributed by atoms with Gasteiger partial charge in [-0.3, -0.25) is 4.79 Å². The fraction of sp³-hybridized carbons (Fsp3) is 0.400. The van der Waals surface area contributed by atoms with Crippen LogP contribution in [-0.2, 0) is 16.0 Å². The Morgan fingerprint density at radius 1 is 1.50 bits per heavy atom. The molecule has 1 aliphatic rings. The molecule has 1 fully saturated rings. The standard InChI is InChI=1S/C15H18N4O2S/c1-10-17-11(9-22-10)7-15(20)19-5-6-21-13(8-19)12-3-2-4-14(16)18-12/h2-4,9,13H,5-8H2,1H3,(H2,16,18). The van der Waals surface area contributed by atoms with Gasteiger partial charge in [-0.05, 0) is 19.1 Å². The normalized spacial score (nSPS) is 18.4. The van der Waals surface area contributed by atoms with Crippen LogP contribution in [-0.4, -0.2) is 40.5 Å². The Kier molecular flexibility index (Phi) is 4.35. The molecule has 1 unspecified atom stereocenters. The summed E-state index contributed by atoms with van der Waals surface area (Å²) in [5, 5.41) is 2.91. The van der Waals surface area contributed by atoms with E-state index in [0.29, 0.717) is 31.9 Å². The fourth-order valence-electron chi connectivity index (χ4n) is 2.46. The average Bonchev–Trinajstić information content (AvgIpc) is 2.92. The van der Waals surface area contributed by atoms with Crippen LogP contribution in [0.15, 0.2) is 23.6 Å². The lowest BCUT2D eigenvalue weighted by Gasteiger charge is -2.32. The van der Waals surface area contributed by atoms with E-state index in [-0.39, 0.29) is 12.0 Å². The highest BCUT2D eigenvalue weighted by molar-refractivity contribution is 7.09. The molecule has 2 aromatic rings. The summed E-state index contributed by atoms with van der Waals surface area (Å²) < 4.78 is 5.73. The first-order valence-electron chi connectivity index (χ1n) is 7.14. The van der Waals surface area contributed by atoms with Gasteiger partial charge in [0.2, 0.25) is 5.91 Å². The first-order chi connectivity index (χ1) is 10.6. The van der Waals surface area contributed by atoms with Crippen molar-refractivity contribution >= 4 is 23.1 Å². The molecule has 3 heterocycles. The summed E-state index contributed by atoms with van der Waals surface area (Å²) in [7, 11) is 0. The summed E-state index contributed by atoms with van der Waals surface area (Å²) in [6, 6.07) is 5.46. The van der Waals surface area contributed by atoms with Crippen LogP contribution in [0.3, 0.4) is 0 Å². The van der Waals surface area contributed by atoms with E-state index in [9.17, 15) is 4.79 Å². The lowest BCUT2D eigenvalue weighted by molar-refractivity contribution is -0.138. The molecule has 0 aromatic carbocycles. The maximum absolute atomic E-state index is 12.4. The number of amides is 1. The summed E-state index contributed by atoms with van der Waals surface area (Å²) in [4.78, 5) is 22.9. The van der Waals surface area contributed by atoms with Crippen molar-refractivity contribution in [1.82, 2.24) is 14.9 Å². The second kappa shape index (κ2) is 6.41. The molecular weight excluding hydrogens is 300 g/mol. The number of carbonyl (C=O) groups excluding carboxylic acids is 1. The molecule has 3 rings (SSSR count). The minimum absolute atomic E-state index is 0.0718. The van der Waals surface area contributed by atoms with Gasteiger partial charge in [-0.2, -0.15) is 0 Å². The minimum Gasteiger partial charge on any atom is -0.384 e. The number of hydrogen-bond acceptors (Lipinski definition) is 6. The van der Waals surface area contributed by atoms with E-state index >= 15 is 0 Å². The van der Waals surface area contributed by atoms with Crippen LogP contribution in [0, 0.1) is 6.92 Å². The van der Waals surface area contributed by atoms with Gasteiger partial charge in [0.05, 0.1) is 36.0 Å². The maximum atomic E-state index is 12.4. The molecule has 1 amide bonds. The van der Waals surface area contributed by atoms with Gasteiger partial charge in [0.1, 0.15) is 11.9 Å². The molecule has 2 aromatic heterocycles. The van der Waals surface area contributed by atoms with Crippen LogP contribution in [0.5, 0.6) is 0 Å². The smallest absolute Gasteiger partial charge is 0.228 e. The molecule has 6 nitrogen and oxygen atoms in total. The molecule has 1 atom stereocenters. The first kappa shape index (κ1) is 14.9. The second-order valence-corrected chi connectivity index (χ2v) is 6.28. The number of carbonyl (C=O) groups is 1. The summed E-state index contributed by atoms with van der Waals surface area (Å²) in [6.07, 6.45) is 0.111. The molecule has 116 valence electrons. The molecule has 7 heteroatoms. The Balaban J connectivity index is 1.66. The highest BCUT2D eigenvalue weighted by atomic mass is 32.1. The van der Waals surface area contributed by atoms with Crippen molar-refractivity contribution in [3.63, 3.8) is 0 Å². The molecule has 0 saturated carbocycles. The number of anilines is 1. The first-order valence-corrected chi connectivity index (χ1v) is 8.02. The molecule has 1 saturated heterocycles. The lowest BCUT2D eigenvalue weighted by Crippen LogP contribution is -2.43. The Morgan fingerprint density at radius 2 is 2.36 bits per heavy atom. The quantitative estimate of drug-likeness (QED) is 0.929. The number of rotatable bonds is 3. The molecule has 0 spiro atoms. The van der Waals surface area contributed by atoms with Crippen LogP contribution < -0.4 is 5.73 Å². The molecule has 0 radical (unpaired) electrons. The molecule has 0 bridgehead atoms. The largest absolute Gasteiger partial charge is 0.384 e. The van der Waals surface area contributed by atoms with E-state index < -0.39 is 0 Å². The maximum Gasteiger partial charge on any atom is 0.228 e. The second-order valence-electron chi connectivity index (χ2n) is 5.22. The third-order valence-corrected chi connectivity index (χ3v) is 4.36. The zero-order valence-corrected chi connectivity index (χ0v) is 13.2. The number of hydrogen-bond donors (Lipinski definition) is 1.